The Balaban J connectivity index is 1.58. The quantitative estimate of drug-likeness (QED) is 0.816. The van der Waals surface area contributed by atoms with Gasteiger partial charge in [0.2, 0.25) is 0 Å². The summed E-state index contributed by atoms with van der Waals surface area (Å²) >= 11 is 0. The molecule has 0 spiro atoms. The van der Waals surface area contributed by atoms with Crippen molar-refractivity contribution in [2.75, 3.05) is 19.6 Å². The van der Waals surface area contributed by atoms with Gasteiger partial charge in [0.15, 0.2) is 0 Å². The molecule has 0 radical (unpaired) electrons. The van der Waals surface area contributed by atoms with Crippen molar-refractivity contribution in [3.8, 4) is 0 Å². The molecule has 3 unspecified atom stereocenters. The molecule has 1 aromatic rings. The molecule has 3 atom stereocenters. The molecule has 2 aliphatic heterocycles. The van der Waals surface area contributed by atoms with Gasteiger partial charge in [-0.3, -0.25) is 4.90 Å². The number of piperazine rings is 1. The standard InChI is InChI=1S/C15H20N2O2/c1-12-9-17(14-7-8-16(12)10-14)15(18)19-11-13-5-3-2-4-6-13/h2-6,12,14H,7-11H2,1H3. The van der Waals surface area contributed by atoms with Crippen LogP contribution in [0.4, 0.5) is 4.79 Å². The summed E-state index contributed by atoms with van der Waals surface area (Å²) in [7, 11) is 0. The first kappa shape index (κ1) is 12.5. The van der Waals surface area contributed by atoms with Gasteiger partial charge >= 0.3 is 6.09 Å². The summed E-state index contributed by atoms with van der Waals surface area (Å²) in [6.07, 6.45) is 0.910. The predicted molar refractivity (Wildman–Crippen MR) is 72.8 cm³/mol. The van der Waals surface area contributed by atoms with E-state index in [-0.39, 0.29) is 6.09 Å². The largest absolute Gasteiger partial charge is 0.445 e. The molecule has 0 aromatic heterocycles. The zero-order chi connectivity index (χ0) is 13.2. The van der Waals surface area contributed by atoms with Crippen LogP contribution in [0.3, 0.4) is 0 Å². The second-order valence-corrected chi connectivity index (χ2v) is 5.48. The molecule has 102 valence electrons. The Kier molecular flexibility index (Phi) is 3.42. The number of carbonyl (C=O) groups is 1. The summed E-state index contributed by atoms with van der Waals surface area (Å²) in [6.45, 7) is 5.44. The van der Waals surface area contributed by atoms with Gasteiger partial charge in [-0.25, -0.2) is 4.79 Å². The minimum absolute atomic E-state index is 0.165. The third-order valence-corrected chi connectivity index (χ3v) is 4.16. The highest BCUT2D eigenvalue weighted by atomic mass is 16.6. The zero-order valence-corrected chi connectivity index (χ0v) is 11.3. The van der Waals surface area contributed by atoms with Crippen LogP contribution < -0.4 is 0 Å². The van der Waals surface area contributed by atoms with Gasteiger partial charge in [-0.2, -0.15) is 0 Å². The summed E-state index contributed by atoms with van der Waals surface area (Å²) in [4.78, 5) is 16.6. The number of hydrogen-bond acceptors (Lipinski definition) is 3. The molecule has 2 saturated heterocycles. The van der Waals surface area contributed by atoms with Crippen LogP contribution in [-0.2, 0) is 11.3 Å². The monoisotopic (exact) mass is 260 g/mol. The van der Waals surface area contributed by atoms with Gasteiger partial charge in [-0.05, 0) is 18.9 Å². The highest BCUT2D eigenvalue weighted by Gasteiger charge is 2.39. The number of amides is 1. The molecule has 2 aliphatic rings. The predicted octanol–water partition coefficient (Wildman–Crippen LogP) is 2.10. The lowest BCUT2D eigenvalue weighted by molar-refractivity contribution is 0.0524. The maximum Gasteiger partial charge on any atom is 0.410 e. The van der Waals surface area contributed by atoms with Crippen LogP contribution in [0.15, 0.2) is 30.3 Å². The zero-order valence-electron chi connectivity index (χ0n) is 11.3. The molecule has 4 nitrogen and oxygen atoms in total. The third kappa shape index (κ3) is 2.59. The normalized spacial score (nSPS) is 29.3. The average molecular weight is 260 g/mol. The van der Waals surface area contributed by atoms with Crippen LogP contribution in [0.5, 0.6) is 0 Å². The summed E-state index contributed by atoms with van der Waals surface area (Å²) in [5.74, 6) is 0. The van der Waals surface area contributed by atoms with E-state index in [1.165, 1.54) is 0 Å². The van der Waals surface area contributed by atoms with Gasteiger partial charge in [-0.15, -0.1) is 0 Å². The van der Waals surface area contributed by atoms with Crippen molar-refractivity contribution in [3.63, 3.8) is 0 Å². The Hall–Kier alpha value is -1.55. The lowest BCUT2D eigenvalue weighted by Crippen LogP contribution is -2.53. The van der Waals surface area contributed by atoms with Crippen LogP contribution in [0.25, 0.3) is 0 Å². The minimum Gasteiger partial charge on any atom is -0.445 e. The van der Waals surface area contributed by atoms with E-state index < -0.39 is 0 Å². The van der Waals surface area contributed by atoms with Gasteiger partial charge in [-0.1, -0.05) is 30.3 Å². The van der Waals surface area contributed by atoms with E-state index >= 15 is 0 Å². The Morgan fingerprint density at radius 2 is 2.11 bits per heavy atom. The smallest absolute Gasteiger partial charge is 0.410 e. The first-order valence-corrected chi connectivity index (χ1v) is 6.95. The molecule has 2 heterocycles. The number of fused-ring (bicyclic) bond motifs is 2. The Labute approximate surface area is 113 Å². The van der Waals surface area contributed by atoms with Gasteiger partial charge in [0.25, 0.3) is 0 Å². The molecule has 2 fully saturated rings. The van der Waals surface area contributed by atoms with Crippen molar-refractivity contribution >= 4 is 6.09 Å². The fraction of sp³-hybridized carbons (Fsp3) is 0.533. The maximum atomic E-state index is 12.2. The second kappa shape index (κ2) is 5.21. The summed E-state index contributed by atoms with van der Waals surface area (Å²) in [6, 6.07) is 10.6. The molecule has 19 heavy (non-hydrogen) atoms. The summed E-state index contributed by atoms with van der Waals surface area (Å²) in [5, 5.41) is 0. The number of rotatable bonds is 2. The first-order valence-electron chi connectivity index (χ1n) is 6.95. The van der Waals surface area contributed by atoms with Crippen LogP contribution in [0.1, 0.15) is 18.9 Å². The molecule has 1 aromatic carbocycles. The fourth-order valence-electron chi connectivity index (χ4n) is 3.00. The average Bonchev–Trinajstić information content (AvgIpc) is 2.87. The highest BCUT2D eigenvalue weighted by Crippen LogP contribution is 2.25. The van der Waals surface area contributed by atoms with Crippen molar-refractivity contribution in [2.45, 2.75) is 32.0 Å². The Bertz CT molecular complexity index is 449. The van der Waals surface area contributed by atoms with Gasteiger partial charge < -0.3 is 9.64 Å². The molecule has 1 amide bonds. The topological polar surface area (TPSA) is 32.8 Å². The second-order valence-electron chi connectivity index (χ2n) is 5.48. The molecule has 0 aliphatic carbocycles. The fourth-order valence-corrected chi connectivity index (χ4v) is 3.00. The highest BCUT2D eigenvalue weighted by molar-refractivity contribution is 5.68. The lowest BCUT2D eigenvalue weighted by atomic mass is 10.1. The number of benzene rings is 1. The molecule has 3 rings (SSSR count). The van der Waals surface area contributed by atoms with E-state index in [4.69, 9.17) is 4.74 Å². The molecule has 0 N–H and O–H groups in total. The van der Waals surface area contributed by atoms with Crippen molar-refractivity contribution < 1.29 is 9.53 Å². The van der Waals surface area contributed by atoms with Crippen molar-refractivity contribution in [3.05, 3.63) is 35.9 Å². The lowest BCUT2D eigenvalue weighted by Gasteiger charge is -2.37. The Morgan fingerprint density at radius 1 is 1.32 bits per heavy atom. The van der Waals surface area contributed by atoms with Gasteiger partial charge in [0.05, 0.1) is 0 Å². The molecular weight excluding hydrogens is 240 g/mol. The first-order chi connectivity index (χ1) is 9.24. The van der Waals surface area contributed by atoms with Crippen LogP contribution in [0.2, 0.25) is 0 Å². The number of hydrogen-bond donors (Lipinski definition) is 0. The van der Waals surface area contributed by atoms with Crippen LogP contribution in [-0.4, -0.2) is 47.6 Å². The molecular formula is C15H20N2O2. The van der Waals surface area contributed by atoms with Crippen molar-refractivity contribution in [2.24, 2.45) is 0 Å². The SMILES string of the molecule is CC1CN(C(=O)OCc2ccccc2)C2CCN1C2. The molecule has 0 saturated carbocycles. The van der Waals surface area contributed by atoms with Gasteiger partial charge in [0.1, 0.15) is 6.61 Å². The van der Waals surface area contributed by atoms with E-state index in [2.05, 4.69) is 11.8 Å². The van der Waals surface area contributed by atoms with E-state index in [0.29, 0.717) is 18.7 Å². The minimum atomic E-state index is -0.165. The van der Waals surface area contributed by atoms with E-state index in [1.807, 2.05) is 35.2 Å². The maximum absolute atomic E-state index is 12.2. The van der Waals surface area contributed by atoms with Gasteiger partial charge in [0, 0.05) is 31.7 Å². The number of nitrogens with zero attached hydrogens (tertiary/aromatic N) is 2. The molecule has 2 bridgehead atoms. The van der Waals surface area contributed by atoms with Crippen molar-refractivity contribution in [1.29, 1.82) is 0 Å². The molecule has 4 heteroatoms. The van der Waals surface area contributed by atoms with Crippen LogP contribution in [0, 0.1) is 0 Å². The third-order valence-electron chi connectivity index (χ3n) is 4.16. The number of ether oxygens (including phenoxy) is 1. The number of carbonyl (C=O) groups excluding carboxylic acids is 1. The van der Waals surface area contributed by atoms with Crippen molar-refractivity contribution in [1.82, 2.24) is 9.80 Å². The van der Waals surface area contributed by atoms with E-state index in [9.17, 15) is 4.79 Å². The van der Waals surface area contributed by atoms with Crippen LogP contribution >= 0.6 is 0 Å². The Morgan fingerprint density at radius 3 is 2.89 bits per heavy atom. The van der Waals surface area contributed by atoms with E-state index in [1.54, 1.807) is 0 Å². The summed E-state index contributed by atoms with van der Waals surface area (Å²) in [5.41, 5.74) is 1.04. The van der Waals surface area contributed by atoms with E-state index in [0.717, 1.165) is 31.6 Å². The summed E-state index contributed by atoms with van der Waals surface area (Å²) < 4.78 is 5.43.